The van der Waals surface area contributed by atoms with Gasteiger partial charge in [-0.05, 0) is 48.5 Å². The Morgan fingerprint density at radius 1 is 1.32 bits per heavy atom. The molecule has 0 bridgehead atoms. The first kappa shape index (κ1) is 18.4. The predicted molar refractivity (Wildman–Crippen MR) is 98.5 cm³/mol. The van der Waals surface area contributed by atoms with Gasteiger partial charge in [0.15, 0.2) is 0 Å². The highest BCUT2D eigenvalue weighted by Gasteiger charge is 2.12. The van der Waals surface area contributed by atoms with Crippen LogP contribution in [0.5, 0.6) is 5.75 Å². The van der Waals surface area contributed by atoms with E-state index in [0.29, 0.717) is 23.6 Å². The summed E-state index contributed by atoms with van der Waals surface area (Å²) in [6.07, 6.45) is 3.03. The molecule has 2 rings (SSSR count). The third-order valence-corrected chi connectivity index (χ3v) is 3.59. The van der Waals surface area contributed by atoms with Gasteiger partial charge in [0.05, 0.1) is 0 Å². The highest BCUT2D eigenvalue weighted by atomic mass is 79.9. The Kier molecular flexibility index (Phi) is 6.49. The Morgan fingerprint density at radius 3 is 2.68 bits per heavy atom. The summed E-state index contributed by atoms with van der Waals surface area (Å²) in [5.41, 5.74) is 0.859. The first-order chi connectivity index (χ1) is 12.0. The molecule has 4 nitrogen and oxygen atoms in total. The third-order valence-electron chi connectivity index (χ3n) is 3.10. The van der Waals surface area contributed by atoms with Crippen LogP contribution in [0.2, 0.25) is 0 Å². The zero-order chi connectivity index (χ0) is 18.2. The van der Waals surface area contributed by atoms with Crippen LogP contribution in [-0.2, 0) is 4.79 Å². The summed E-state index contributed by atoms with van der Waals surface area (Å²) < 4.78 is 19.2. The number of rotatable bonds is 6. The first-order valence-electron chi connectivity index (χ1n) is 7.25. The van der Waals surface area contributed by atoms with Crippen LogP contribution in [0.4, 0.5) is 10.1 Å². The molecule has 0 aromatic heterocycles. The van der Waals surface area contributed by atoms with Gasteiger partial charge in [-0.1, -0.05) is 28.6 Å². The van der Waals surface area contributed by atoms with Crippen molar-refractivity contribution in [2.45, 2.75) is 0 Å². The second-order valence-electron chi connectivity index (χ2n) is 4.91. The fourth-order valence-corrected chi connectivity index (χ4v) is 2.33. The van der Waals surface area contributed by atoms with Gasteiger partial charge in [-0.25, -0.2) is 4.39 Å². The molecule has 1 amide bonds. The SMILES string of the molecule is C=CCOc1ccc(Br)cc1/C=C(\C#N)C(=O)Nc1ccc(F)cc1. The van der Waals surface area contributed by atoms with Crippen molar-refractivity contribution >= 4 is 33.6 Å². The van der Waals surface area contributed by atoms with E-state index in [-0.39, 0.29) is 5.57 Å². The Bertz CT molecular complexity index is 855. The van der Waals surface area contributed by atoms with E-state index in [1.54, 1.807) is 24.3 Å². The molecule has 0 atom stereocenters. The van der Waals surface area contributed by atoms with Crippen molar-refractivity contribution in [1.29, 1.82) is 5.26 Å². The summed E-state index contributed by atoms with van der Waals surface area (Å²) in [5, 5.41) is 11.9. The van der Waals surface area contributed by atoms with E-state index in [4.69, 9.17) is 4.74 Å². The van der Waals surface area contributed by atoms with Gasteiger partial charge in [-0.3, -0.25) is 4.79 Å². The van der Waals surface area contributed by atoms with E-state index in [2.05, 4.69) is 27.8 Å². The highest BCUT2D eigenvalue weighted by Crippen LogP contribution is 2.26. The molecule has 0 saturated carbocycles. The quantitative estimate of drug-likeness (QED) is 0.434. The normalized spacial score (nSPS) is 10.7. The topological polar surface area (TPSA) is 62.1 Å². The maximum Gasteiger partial charge on any atom is 0.266 e. The minimum absolute atomic E-state index is 0.106. The van der Waals surface area contributed by atoms with Gasteiger partial charge in [0.1, 0.15) is 29.8 Å². The summed E-state index contributed by atoms with van der Waals surface area (Å²) >= 11 is 3.35. The minimum atomic E-state index is -0.594. The number of carbonyl (C=O) groups is 1. The highest BCUT2D eigenvalue weighted by molar-refractivity contribution is 9.10. The average molecular weight is 401 g/mol. The van der Waals surface area contributed by atoms with Crippen LogP contribution in [0, 0.1) is 17.1 Å². The van der Waals surface area contributed by atoms with Crippen molar-refractivity contribution in [1.82, 2.24) is 0 Å². The van der Waals surface area contributed by atoms with Gasteiger partial charge in [0, 0.05) is 15.7 Å². The summed E-state index contributed by atoms with van der Waals surface area (Å²) in [4.78, 5) is 12.3. The molecular weight excluding hydrogens is 387 g/mol. The largest absolute Gasteiger partial charge is 0.489 e. The van der Waals surface area contributed by atoms with Crippen molar-refractivity contribution in [3.05, 3.63) is 76.5 Å². The number of benzene rings is 2. The lowest BCUT2D eigenvalue weighted by molar-refractivity contribution is -0.112. The van der Waals surface area contributed by atoms with Crippen LogP contribution in [-0.4, -0.2) is 12.5 Å². The van der Waals surface area contributed by atoms with Gasteiger partial charge < -0.3 is 10.1 Å². The molecule has 25 heavy (non-hydrogen) atoms. The Morgan fingerprint density at radius 2 is 2.04 bits per heavy atom. The lowest BCUT2D eigenvalue weighted by Crippen LogP contribution is -2.13. The number of amides is 1. The molecule has 126 valence electrons. The number of anilines is 1. The predicted octanol–water partition coefficient (Wildman–Crippen LogP) is 4.70. The molecule has 0 radical (unpaired) electrons. The zero-order valence-corrected chi connectivity index (χ0v) is 14.7. The molecule has 0 saturated heterocycles. The molecule has 2 aromatic carbocycles. The van der Waals surface area contributed by atoms with Crippen molar-refractivity contribution in [3.8, 4) is 11.8 Å². The van der Waals surface area contributed by atoms with E-state index in [1.807, 2.05) is 6.07 Å². The summed E-state index contributed by atoms with van der Waals surface area (Å²) in [6, 6.07) is 12.4. The standard InChI is InChI=1S/C19H14BrFN2O2/c1-2-9-25-18-8-3-15(20)11-13(18)10-14(12-22)19(24)23-17-6-4-16(21)5-7-17/h2-8,10-11H,1,9H2,(H,23,24)/b14-10+. The molecule has 0 aliphatic rings. The second kappa shape index (κ2) is 8.81. The fourth-order valence-electron chi connectivity index (χ4n) is 1.95. The second-order valence-corrected chi connectivity index (χ2v) is 5.83. The summed E-state index contributed by atoms with van der Waals surface area (Å²) in [5.74, 6) is -0.485. The van der Waals surface area contributed by atoms with E-state index < -0.39 is 11.7 Å². The zero-order valence-electron chi connectivity index (χ0n) is 13.1. The molecule has 0 spiro atoms. The summed E-state index contributed by atoms with van der Waals surface area (Å²) in [6.45, 7) is 3.89. The molecule has 0 heterocycles. The fraction of sp³-hybridized carbons (Fsp3) is 0.0526. The number of hydrogen-bond donors (Lipinski definition) is 1. The minimum Gasteiger partial charge on any atom is -0.489 e. The molecular formula is C19H14BrFN2O2. The monoisotopic (exact) mass is 400 g/mol. The Hall–Kier alpha value is -2.91. The van der Waals surface area contributed by atoms with Gasteiger partial charge in [0.25, 0.3) is 5.91 Å². The number of hydrogen-bond acceptors (Lipinski definition) is 3. The van der Waals surface area contributed by atoms with Crippen molar-refractivity contribution in [2.24, 2.45) is 0 Å². The molecule has 2 aromatic rings. The van der Waals surface area contributed by atoms with Crippen LogP contribution in [0.3, 0.4) is 0 Å². The third kappa shape index (κ3) is 5.30. The van der Waals surface area contributed by atoms with E-state index in [0.717, 1.165) is 4.47 Å². The lowest BCUT2D eigenvalue weighted by atomic mass is 10.1. The van der Waals surface area contributed by atoms with Gasteiger partial charge in [-0.15, -0.1) is 0 Å². The molecule has 0 unspecified atom stereocenters. The average Bonchev–Trinajstić information content (AvgIpc) is 2.60. The van der Waals surface area contributed by atoms with E-state index >= 15 is 0 Å². The summed E-state index contributed by atoms with van der Waals surface area (Å²) in [7, 11) is 0. The molecule has 0 fully saturated rings. The molecule has 1 N–H and O–H groups in total. The number of carbonyl (C=O) groups excluding carboxylic acids is 1. The van der Waals surface area contributed by atoms with Gasteiger partial charge in [-0.2, -0.15) is 5.26 Å². The maximum atomic E-state index is 12.9. The Balaban J connectivity index is 2.28. The maximum absolute atomic E-state index is 12.9. The molecule has 0 aliphatic heterocycles. The number of nitrogens with one attached hydrogen (secondary N) is 1. The van der Waals surface area contributed by atoms with E-state index in [9.17, 15) is 14.4 Å². The number of nitriles is 1. The van der Waals surface area contributed by atoms with Gasteiger partial charge in [0.2, 0.25) is 0 Å². The molecule has 6 heteroatoms. The number of nitrogens with zero attached hydrogens (tertiary/aromatic N) is 1. The smallest absolute Gasteiger partial charge is 0.266 e. The van der Waals surface area contributed by atoms with Crippen LogP contribution in [0.25, 0.3) is 6.08 Å². The first-order valence-corrected chi connectivity index (χ1v) is 8.04. The van der Waals surface area contributed by atoms with E-state index in [1.165, 1.54) is 30.3 Å². The molecule has 0 aliphatic carbocycles. The van der Waals surface area contributed by atoms with Crippen molar-refractivity contribution in [2.75, 3.05) is 11.9 Å². The van der Waals surface area contributed by atoms with Crippen LogP contribution < -0.4 is 10.1 Å². The van der Waals surface area contributed by atoms with Crippen molar-refractivity contribution < 1.29 is 13.9 Å². The van der Waals surface area contributed by atoms with Crippen molar-refractivity contribution in [3.63, 3.8) is 0 Å². The lowest BCUT2D eigenvalue weighted by Gasteiger charge is -2.09. The van der Waals surface area contributed by atoms with Crippen LogP contribution in [0.15, 0.2) is 65.2 Å². The number of ether oxygens (including phenoxy) is 1. The number of halogens is 2. The van der Waals surface area contributed by atoms with Crippen LogP contribution >= 0.6 is 15.9 Å². The van der Waals surface area contributed by atoms with Crippen LogP contribution in [0.1, 0.15) is 5.56 Å². The Labute approximate surface area is 153 Å². The van der Waals surface area contributed by atoms with Gasteiger partial charge >= 0.3 is 0 Å².